The number of carbonyl (C=O) groups is 2. The number of amides is 2. The zero-order valence-electron chi connectivity index (χ0n) is 23.0. The number of aliphatic hydroxyl groups excluding tert-OH is 1. The molecular weight excluding hydrogens is 544 g/mol. The normalized spacial score (nSPS) is 14.7. The highest BCUT2D eigenvalue weighted by Gasteiger charge is 2.25. The predicted octanol–water partition coefficient (Wildman–Crippen LogP) is 5.15. The summed E-state index contributed by atoms with van der Waals surface area (Å²) in [7, 11) is -4.09. The van der Waals surface area contributed by atoms with Crippen LogP contribution in [0.5, 0.6) is 5.75 Å². The zero-order chi connectivity index (χ0) is 29.4. The first-order valence-corrected chi connectivity index (χ1v) is 15.2. The zero-order valence-corrected chi connectivity index (χ0v) is 23.8. The number of carboxylic acid groups (broad SMARTS) is 1. The van der Waals surface area contributed by atoms with Crippen LogP contribution in [0, 0.1) is 0 Å². The molecule has 0 aromatic heterocycles. The number of nitrogens with zero attached hydrogens (tertiary/aromatic N) is 1. The Morgan fingerprint density at radius 3 is 2.27 bits per heavy atom. The van der Waals surface area contributed by atoms with Gasteiger partial charge in [-0.2, -0.15) is 0 Å². The Bertz CT molecular complexity index is 1440. The van der Waals surface area contributed by atoms with Gasteiger partial charge in [-0.15, -0.1) is 0 Å². The van der Waals surface area contributed by atoms with Crippen molar-refractivity contribution in [2.75, 3.05) is 13.1 Å². The molecule has 0 bridgehead atoms. The largest absolute Gasteiger partial charge is 0.489 e. The molecule has 0 saturated heterocycles. The fourth-order valence-corrected chi connectivity index (χ4v) is 6.10. The van der Waals surface area contributed by atoms with Crippen molar-refractivity contribution in [3.63, 3.8) is 0 Å². The average molecular weight is 581 g/mol. The maximum absolute atomic E-state index is 12.8. The van der Waals surface area contributed by atoms with Gasteiger partial charge in [0, 0.05) is 13.5 Å². The first-order chi connectivity index (χ1) is 19.6. The molecule has 1 fully saturated rings. The van der Waals surface area contributed by atoms with Gasteiger partial charge in [0.1, 0.15) is 10.6 Å². The van der Waals surface area contributed by atoms with Crippen LogP contribution < -0.4 is 9.46 Å². The predicted molar refractivity (Wildman–Crippen MR) is 155 cm³/mol. The number of carbonyl (C=O) groups excluding carboxylic acids is 1. The number of aliphatic hydroxyl groups is 1. The first kappa shape index (κ1) is 30.1. The van der Waals surface area contributed by atoms with Gasteiger partial charge in [-0.1, -0.05) is 67.1 Å². The van der Waals surface area contributed by atoms with Crippen molar-refractivity contribution in [1.29, 1.82) is 0 Å². The lowest BCUT2D eigenvalue weighted by atomic mass is 9.97. The van der Waals surface area contributed by atoms with E-state index < -0.39 is 28.1 Å². The van der Waals surface area contributed by atoms with Gasteiger partial charge in [-0.3, -0.25) is 4.79 Å². The highest BCUT2D eigenvalue weighted by Crippen LogP contribution is 2.33. The van der Waals surface area contributed by atoms with E-state index in [0.717, 1.165) is 55.7 Å². The van der Waals surface area contributed by atoms with Gasteiger partial charge in [0.25, 0.3) is 10.0 Å². The molecule has 0 radical (unpaired) electrons. The van der Waals surface area contributed by atoms with Gasteiger partial charge in [0.2, 0.25) is 5.91 Å². The Balaban J connectivity index is 1.48. The number of ether oxygens (including phenoxy) is 1. The minimum Gasteiger partial charge on any atom is -0.489 e. The second-order valence-electron chi connectivity index (χ2n) is 10.3. The van der Waals surface area contributed by atoms with Crippen LogP contribution in [0.15, 0.2) is 77.7 Å². The molecule has 3 N–H and O–H groups in total. The molecule has 0 spiro atoms. The number of nitrogens with one attached hydrogen (secondary N) is 1. The molecule has 10 heteroatoms. The van der Waals surface area contributed by atoms with Crippen LogP contribution in [0.1, 0.15) is 56.3 Å². The Kier molecular flexibility index (Phi) is 10.0. The molecule has 41 heavy (non-hydrogen) atoms. The van der Waals surface area contributed by atoms with Crippen molar-refractivity contribution in [3.8, 4) is 16.9 Å². The molecule has 1 aliphatic rings. The first-order valence-electron chi connectivity index (χ1n) is 13.8. The Morgan fingerprint density at radius 2 is 1.63 bits per heavy atom. The lowest BCUT2D eigenvalue weighted by molar-refractivity contribution is -0.117. The van der Waals surface area contributed by atoms with Gasteiger partial charge in [0.15, 0.2) is 0 Å². The van der Waals surface area contributed by atoms with E-state index in [4.69, 9.17) is 4.74 Å². The van der Waals surface area contributed by atoms with Gasteiger partial charge in [-0.05, 0) is 66.5 Å². The number of rotatable bonds is 11. The number of sulfonamides is 1. The molecule has 3 aromatic carbocycles. The summed E-state index contributed by atoms with van der Waals surface area (Å²) in [5.41, 5.74) is 3.16. The molecule has 1 saturated carbocycles. The summed E-state index contributed by atoms with van der Waals surface area (Å²) in [6, 6.07) is 21.3. The van der Waals surface area contributed by atoms with Gasteiger partial charge < -0.3 is 19.8 Å². The van der Waals surface area contributed by atoms with Crippen molar-refractivity contribution in [3.05, 3.63) is 83.9 Å². The van der Waals surface area contributed by atoms with E-state index in [1.165, 1.54) is 11.0 Å². The minimum absolute atomic E-state index is 0.0328. The standard InChI is InChI=1S/C31H36N2O7S/c1-22(34)32-41(38,39)30-17-16-26(20-29(30)40-27-10-6-3-7-11-27)24-14-12-23(13-15-24)18-19-33(31(36)37)21-28(35)25-8-4-2-5-9-25/h2,4-5,8-9,12-17,20,27-28,35H,3,6-7,10-11,18-19,21H2,1H3,(H,32,34)(H,36,37)/t28-/m0/s1. The number of benzene rings is 3. The molecule has 4 rings (SSSR count). The quantitative estimate of drug-likeness (QED) is 0.286. The SMILES string of the molecule is CC(=O)NS(=O)(=O)c1ccc(-c2ccc(CCN(C[C@H](O)c3ccccc3)C(=O)O)cc2)cc1OC1CCCCC1. The molecular formula is C31H36N2O7S. The third kappa shape index (κ3) is 8.31. The molecule has 1 aliphatic carbocycles. The maximum atomic E-state index is 12.8. The molecule has 218 valence electrons. The van der Waals surface area contributed by atoms with Crippen LogP contribution in [0.3, 0.4) is 0 Å². The third-order valence-electron chi connectivity index (χ3n) is 7.16. The topological polar surface area (TPSA) is 133 Å². The van der Waals surface area contributed by atoms with Crippen molar-refractivity contribution in [1.82, 2.24) is 9.62 Å². The summed E-state index contributed by atoms with van der Waals surface area (Å²) in [5, 5.41) is 20.1. The number of hydrogen-bond donors (Lipinski definition) is 3. The lowest BCUT2D eigenvalue weighted by Gasteiger charge is -2.24. The molecule has 3 aromatic rings. The van der Waals surface area contributed by atoms with Gasteiger partial charge in [-0.25, -0.2) is 17.9 Å². The van der Waals surface area contributed by atoms with Crippen molar-refractivity contribution in [2.45, 2.75) is 62.6 Å². The summed E-state index contributed by atoms with van der Waals surface area (Å²) in [5.74, 6) is -0.467. The highest BCUT2D eigenvalue weighted by molar-refractivity contribution is 7.90. The fraction of sp³-hybridized carbons (Fsp3) is 0.355. The second kappa shape index (κ2) is 13.6. The third-order valence-corrected chi connectivity index (χ3v) is 8.64. The summed E-state index contributed by atoms with van der Waals surface area (Å²) in [6.45, 7) is 1.33. The smallest absolute Gasteiger partial charge is 0.407 e. The Morgan fingerprint density at radius 1 is 0.976 bits per heavy atom. The van der Waals surface area contributed by atoms with Crippen molar-refractivity contribution in [2.24, 2.45) is 0 Å². The molecule has 0 heterocycles. The molecule has 0 aliphatic heterocycles. The van der Waals surface area contributed by atoms with E-state index in [2.05, 4.69) is 0 Å². The number of hydrogen-bond acceptors (Lipinski definition) is 6. The van der Waals surface area contributed by atoms with Crippen LogP contribution in [-0.4, -0.2) is 54.7 Å². The van der Waals surface area contributed by atoms with E-state index in [-0.39, 0.29) is 29.8 Å². The van der Waals surface area contributed by atoms with E-state index in [0.29, 0.717) is 12.0 Å². The second-order valence-corrected chi connectivity index (χ2v) is 12.0. The van der Waals surface area contributed by atoms with Crippen LogP contribution >= 0.6 is 0 Å². The van der Waals surface area contributed by atoms with Crippen LogP contribution in [0.2, 0.25) is 0 Å². The maximum Gasteiger partial charge on any atom is 0.407 e. The van der Waals surface area contributed by atoms with Crippen molar-refractivity contribution < 1.29 is 33.0 Å². The molecule has 0 unspecified atom stereocenters. The summed E-state index contributed by atoms with van der Waals surface area (Å²) in [4.78, 5) is 24.4. The fourth-order valence-electron chi connectivity index (χ4n) is 4.99. The lowest BCUT2D eigenvalue weighted by Crippen LogP contribution is -2.35. The summed E-state index contributed by atoms with van der Waals surface area (Å²) < 4.78 is 33.9. The highest BCUT2D eigenvalue weighted by atomic mass is 32.2. The van der Waals surface area contributed by atoms with E-state index in [1.54, 1.807) is 36.4 Å². The van der Waals surface area contributed by atoms with Crippen LogP contribution in [0.25, 0.3) is 11.1 Å². The van der Waals surface area contributed by atoms with Crippen molar-refractivity contribution >= 4 is 22.0 Å². The average Bonchev–Trinajstić information content (AvgIpc) is 2.95. The molecule has 1 atom stereocenters. The Labute approximate surface area is 240 Å². The summed E-state index contributed by atoms with van der Waals surface area (Å²) >= 11 is 0. The summed E-state index contributed by atoms with van der Waals surface area (Å²) in [6.07, 6.45) is 3.19. The molecule has 2 amide bonds. The monoisotopic (exact) mass is 580 g/mol. The van der Waals surface area contributed by atoms with E-state index in [1.807, 2.05) is 35.1 Å². The van der Waals surface area contributed by atoms with Gasteiger partial charge >= 0.3 is 6.09 Å². The van der Waals surface area contributed by atoms with Gasteiger partial charge in [0.05, 0.1) is 18.8 Å². The molecule has 9 nitrogen and oxygen atoms in total. The van der Waals surface area contributed by atoms with E-state index in [9.17, 15) is 28.2 Å². The minimum atomic E-state index is -4.09. The van der Waals surface area contributed by atoms with Crippen LogP contribution in [-0.2, 0) is 21.2 Å². The van der Waals surface area contributed by atoms with Crippen LogP contribution in [0.4, 0.5) is 4.79 Å². The Hall–Kier alpha value is -3.89. The van der Waals surface area contributed by atoms with E-state index >= 15 is 0 Å².